The molecule has 0 radical (unpaired) electrons. The molecule has 0 saturated carbocycles. The van der Waals surface area contributed by atoms with Crippen LogP contribution in [0, 0.1) is 0 Å². The molecule has 2 aromatic carbocycles. The highest BCUT2D eigenvalue weighted by Crippen LogP contribution is 2.25. The third-order valence-corrected chi connectivity index (χ3v) is 4.97. The fourth-order valence-corrected chi connectivity index (χ4v) is 3.21. The highest BCUT2D eigenvalue weighted by molar-refractivity contribution is 9.10. The van der Waals surface area contributed by atoms with Gasteiger partial charge in [0.2, 0.25) is 0 Å². The molecule has 0 unspecified atom stereocenters. The van der Waals surface area contributed by atoms with Crippen molar-refractivity contribution in [3.8, 4) is 16.9 Å². The van der Waals surface area contributed by atoms with Gasteiger partial charge < -0.3 is 9.84 Å². The standard InChI is InChI=1S/C21H24BrNO2/c22-19-8-6-17(7-9-19)18-4-3-5-21(16-18)25-15-2-1-12-23-13-10-20(24)11-14-23/h1-9,16,20,24H,10-15H2/b2-1+. The number of halogens is 1. The van der Waals surface area contributed by atoms with E-state index in [0.717, 1.165) is 48.3 Å². The van der Waals surface area contributed by atoms with Gasteiger partial charge in [0, 0.05) is 24.1 Å². The summed E-state index contributed by atoms with van der Waals surface area (Å²) in [5.41, 5.74) is 2.33. The first-order valence-corrected chi connectivity index (χ1v) is 9.54. The number of nitrogens with zero attached hydrogens (tertiary/aromatic N) is 1. The summed E-state index contributed by atoms with van der Waals surface area (Å²) in [4.78, 5) is 2.36. The Kier molecular flexibility index (Phi) is 6.68. The minimum atomic E-state index is -0.110. The second-order valence-corrected chi connectivity index (χ2v) is 7.26. The lowest BCUT2D eigenvalue weighted by atomic mass is 10.1. The van der Waals surface area contributed by atoms with Crippen LogP contribution >= 0.6 is 15.9 Å². The molecule has 2 aromatic rings. The fourth-order valence-electron chi connectivity index (χ4n) is 2.95. The predicted octanol–water partition coefficient (Wildman–Crippen LogP) is 4.51. The van der Waals surface area contributed by atoms with E-state index < -0.39 is 0 Å². The maximum absolute atomic E-state index is 9.51. The smallest absolute Gasteiger partial charge is 0.120 e. The third kappa shape index (κ3) is 5.70. The Morgan fingerprint density at radius 1 is 1.04 bits per heavy atom. The van der Waals surface area contributed by atoms with Crippen LogP contribution in [0.4, 0.5) is 0 Å². The molecule has 1 fully saturated rings. The number of benzene rings is 2. The molecule has 1 N–H and O–H groups in total. The van der Waals surface area contributed by atoms with Crippen molar-refractivity contribution in [2.75, 3.05) is 26.2 Å². The van der Waals surface area contributed by atoms with E-state index in [4.69, 9.17) is 4.74 Å². The lowest BCUT2D eigenvalue weighted by Gasteiger charge is -2.28. The number of hydrogen-bond donors (Lipinski definition) is 1. The van der Waals surface area contributed by atoms with E-state index in [-0.39, 0.29) is 6.10 Å². The molecule has 1 aliphatic heterocycles. The Labute approximate surface area is 158 Å². The van der Waals surface area contributed by atoms with Crippen molar-refractivity contribution in [1.29, 1.82) is 0 Å². The van der Waals surface area contributed by atoms with Crippen LogP contribution in [0.3, 0.4) is 0 Å². The summed E-state index contributed by atoms with van der Waals surface area (Å²) in [7, 11) is 0. The number of rotatable bonds is 6. The first-order chi connectivity index (χ1) is 12.2. The molecule has 1 aliphatic rings. The van der Waals surface area contributed by atoms with Crippen LogP contribution in [0.1, 0.15) is 12.8 Å². The van der Waals surface area contributed by atoms with Crippen LogP contribution in [0.15, 0.2) is 65.2 Å². The average molecular weight is 402 g/mol. The highest BCUT2D eigenvalue weighted by atomic mass is 79.9. The third-order valence-electron chi connectivity index (χ3n) is 4.45. The van der Waals surface area contributed by atoms with Crippen LogP contribution in [-0.2, 0) is 0 Å². The first-order valence-electron chi connectivity index (χ1n) is 8.75. The number of likely N-dealkylation sites (tertiary alicyclic amines) is 1. The van der Waals surface area contributed by atoms with Gasteiger partial charge in [-0.2, -0.15) is 0 Å². The Morgan fingerprint density at radius 2 is 1.80 bits per heavy atom. The number of hydrogen-bond acceptors (Lipinski definition) is 3. The summed E-state index contributed by atoms with van der Waals surface area (Å²) in [6, 6.07) is 16.5. The van der Waals surface area contributed by atoms with Crippen LogP contribution in [0.5, 0.6) is 5.75 Å². The van der Waals surface area contributed by atoms with E-state index >= 15 is 0 Å². The molecule has 0 amide bonds. The van der Waals surface area contributed by atoms with Crippen LogP contribution in [-0.4, -0.2) is 42.4 Å². The molecule has 1 saturated heterocycles. The summed E-state index contributed by atoms with van der Waals surface area (Å²) in [5, 5.41) is 9.51. The molecular formula is C21H24BrNO2. The second-order valence-electron chi connectivity index (χ2n) is 6.35. The normalized spacial score (nSPS) is 16.4. The molecule has 0 atom stereocenters. The topological polar surface area (TPSA) is 32.7 Å². The number of ether oxygens (including phenoxy) is 1. The SMILES string of the molecule is OC1CCN(C/C=C/COc2cccc(-c3ccc(Br)cc3)c2)CC1. The summed E-state index contributed by atoms with van der Waals surface area (Å²) < 4.78 is 6.92. The van der Waals surface area contributed by atoms with Gasteiger partial charge >= 0.3 is 0 Å². The van der Waals surface area contributed by atoms with E-state index in [1.54, 1.807) is 0 Å². The monoisotopic (exact) mass is 401 g/mol. The second kappa shape index (κ2) is 9.18. The van der Waals surface area contributed by atoms with Crippen molar-refractivity contribution >= 4 is 15.9 Å². The van der Waals surface area contributed by atoms with Gasteiger partial charge in [-0.3, -0.25) is 4.90 Å². The van der Waals surface area contributed by atoms with E-state index in [1.807, 2.05) is 24.3 Å². The minimum Gasteiger partial charge on any atom is -0.490 e. The summed E-state index contributed by atoms with van der Waals surface area (Å²) in [5.74, 6) is 0.881. The van der Waals surface area contributed by atoms with Gasteiger partial charge in [0.15, 0.2) is 0 Å². The maximum atomic E-state index is 9.51. The van der Waals surface area contributed by atoms with Gasteiger partial charge in [-0.25, -0.2) is 0 Å². The first kappa shape index (κ1) is 18.2. The summed E-state index contributed by atoms with van der Waals surface area (Å²) in [6.45, 7) is 3.44. The number of aliphatic hydroxyl groups excluding tert-OH is 1. The van der Waals surface area contributed by atoms with Crippen molar-refractivity contribution < 1.29 is 9.84 Å². The molecule has 3 rings (SSSR count). The Balaban J connectivity index is 1.47. The molecule has 0 spiro atoms. The van der Waals surface area contributed by atoms with Crippen molar-refractivity contribution in [3.05, 3.63) is 65.2 Å². The lowest BCUT2D eigenvalue weighted by molar-refractivity contribution is 0.0880. The van der Waals surface area contributed by atoms with E-state index in [2.05, 4.69) is 57.2 Å². The van der Waals surface area contributed by atoms with Crippen molar-refractivity contribution in [1.82, 2.24) is 4.90 Å². The average Bonchev–Trinajstić information content (AvgIpc) is 2.64. The van der Waals surface area contributed by atoms with Crippen LogP contribution in [0.2, 0.25) is 0 Å². The quantitative estimate of drug-likeness (QED) is 0.722. The Bertz CT molecular complexity index is 691. The van der Waals surface area contributed by atoms with Gasteiger partial charge in [-0.1, -0.05) is 52.3 Å². The number of piperidine rings is 1. The summed E-state index contributed by atoms with van der Waals surface area (Å²) in [6.07, 6.45) is 5.87. The Morgan fingerprint density at radius 3 is 2.56 bits per heavy atom. The van der Waals surface area contributed by atoms with Crippen molar-refractivity contribution in [3.63, 3.8) is 0 Å². The van der Waals surface area contributed by atoms with Gasteiger partial charge in [0.05, 0.1) is 6.10 Å². The van der Waals surface area contributed by atoms with Gasteiger partial charge in [0.25, 0.3) is 0 Å². The predicted molar refractivity (Wildman–Crippen MR) is 106 cm³/mol. The van der Waals surface area contributed by atoms with Gasteiger partial charge in [-0.15, -0.1) is 0 Å². The lowest BCUT2D eigenvalue weighted by Crippen LogP contribution is -2.35. The fraction of sp³-hybridized carbons (Fsp3) is 0.333. The largest absolute Gasteiger partial charge is 0.490 e. The minimum absolute atomic E-state index is 0.110. The zero-order chi connectivity index (χ0) is 17.5. The molecule has 0 bridgehead atoms. The van der Waals surface area contributed by atoms with E-state index in [1.165, 1.54) is 5.56 Å². The van der Waals surface area contributed by atoms with E-state index in [9.17, 15) is 5.11 Å². The molecule has 0 aliphatic carbocycles. The molecule has 1 heterocycles. The number of aliphatic hydroxyl groups is 1. The van der Waals surface area contributed by atoms with Crippen LogP contribution < -0.4 is 4.74 Å². The van der Waals surface area contributed by atoms with Gasteiger partial charge in [0.1, 0.15) is 12.4 Å². The zero-order valence-electron chi connectivity index (χ0n) is 14.3. The molecule has 0 aromatic heterocycles. The molecule has 3 nitrogen and oxygen atoms in total. The molecular weight excluding hydrogens is 378 g/mol. The van der Waals surface area contributed by atoms with E-state index in [0.29, 0.717) is 6.61 Å². The van der Waals surface area contributed by atoms with Crippen LogP contribution in [0.25, 0.3) is 11.1 Å². The zero-order valence-corrected chi connectivity index (χ0v) is 15.9. The van der Waals surface area contributed by atoms with Gasteiger partial charge in [-0.05, 0) is 48.2 Å². The Hall–Kier alpha value is -1.62. The summed E-state index contributed by atoms with van der Waals surface area (Å²) >= 11 is 3.46. The maximum Gasteiger partial charge on any atom is 0.120 e. The molecule has 25 heavy (non-hydrogen) atoms. The molecule has 132 valence electrons. The highest BCUT2D eigenvalue weighted by Gasteiger charge is 2.15. The van der Waals surface area contributed by atoms with Crippen molar-refractivity contribution in [2.45, 2.75) is 18.9 Å². The molecule has 4 heteroatoms. The van der Waals surface area contributed by atoms with Crippen molar-refractivity contribution in [2.24, 2.45) is 0 Å².